The zero-order chi connectivity index (χ0) is 12.4. The quantitative estimate of drug-likeness (QED) is 0.760. The van der Waals surface area contributed by atoms with Crippen LogP contribution in [-0.2, 0) is 9.05 Å². The Hall–Kier alpha value is -0.730. The van der Waals surface area contributed by atoms with Gasteiger partial charge in [0.2, 0.25) is 0 Å². The van der Waals surface area contributed by atoms with Crippen LogP contribution in [0.3, 0.4) is 0 Å². The van der Waals surface area contributed by atoms with E-state index in [9.17, 15) is 4.89 Å². The molecule has 0 bridgehead atoms. The van der Waals surface area contributed by atoms with Crippen LogP contribution in [0.15, 0.2) is 36.1 Å². The van der Waals surface area contributed by atoms with Crippen LogP contribution in [0.2, 0.25) is 0 Å². The van der Waals surface area contributed by atoms with E-state index >= 15 is 0 Å². The fourth-order valence-corrected chi connectivity index (χ4v) is 3.10. The van der Waals surface area contributed by atoms with Gasteiger partial charge < -0.3 is 4.89 Å². The summed E-state index contributed by atoms with van der Waals surface area (Å²) in [6.45, 7) is 4.97. The van der Waals surface area contributed by atoms with Crippen LogP contribution in [0, 0.1) is 5.41 Å². The Labute approximate surface area is 103 Å². The molecule has 1 aliphatic rings. The Balaban J connectivity index is 2.02. The van der Waals surface area contributed by atoms with Gasteiger partial charge in [0, 0.05) is 5.41 Å². The molecule has 92 valence electrons. The molecule has 0 aromatic heterocycles. The maximum absolute atomic E-state index is 12.2. The largest absolute Gasteiger partial charge is 0.628 e. The van der Waals surface area contributed by atoms with Gasteiger partial charge >= 0.3 is 0 Å². The third kappa shape index (κ3) is 3.62. The molecule has 0 amide bonds. The first kappa shape index (κ1) is 12.7. The Morgan fingerprint density at radius 1 is 1.18 bits per heavy atom. The van der Waals surface area contributed by atoms with Gasteiger partial charge in [-0.25, -0.2) is 9.05 Å². The molecule has 0 saturated carbocycles. The molecule has 0 atom stereocenters. The Morgan fingerprint density at radius 3 is 2.35 bits per heavy atom. The highest BCUT2D eigenvalue weighted by Gasteiger charge is 2.39. The predicted molar refractivity (Wildman–Crippen MR) is 68.1 cm³/mol. The Bertz CT molecular complexity index is 390. The van der Waals surface area contributed by atoms with E-state index < -0.39 is 7.94 Å². The van der Waals surface area contributed by atoms with E-state index in [1.54, 1.807) is 6.08 Å². The highest BCUT2D eigenvalue weighted by molar-refractivity contribution is 7.62. The Morgan fingerprint density at radius 2 is 1.76 bits per heavy atom. The molecule has 0 N–H and O–H groups in total. The zero-order valence-corrected chi connectivity index (χ0v) is 11.0. The van der Waals surface area contributed by atoms with Gasteiger partial charge in [0.1, 0.15) is 19.0 Å². The molecular formula is C13H17O3P. The van der Waals surface area contributed by atoms with Crippen LogP contribution in [0.1, 0.15) is 19.4 Å². The van der Waals surface area contributed by atoms with Crippen molar-refractivity contribution in [3.8, 4) is 0 Å². The molecule has 1 fully saturated rings. The minimum atomic E-state index is -3.04. The minimum absolute atomic E-state index is 0.0610. The topological polar surface area (TPSA) is 41.5 Å². The summed E-state index contributed by atoms with van der Waals surface area (Å²) >= 11 is 0. The van der Waals surface area contributed by atoms with Crippen LogP contribution < -0.4 is 4.89 Å². The van der Waals surface area contributed by atoms with E-state index in [4.69, 9.17) is 9.05 Å². The number of hydrogen-bond acceptors (Lipinski definition) is 3. The lowest BCUT2D eigenvalue weighted by Gasteiger charge is -2.35. The van der Waals surface area contributed by atoms with Gasteiger partial charge in [-0.3, -0.25) is 0 Å². The molecule has 0 unspecified atom stereocenters. The van der Waals surface area contributed by atoms with Crippen molar-refractivity contribution in [3.05, 3.63) is 41.7 Å². The molecule has 1 heterocycles. The van der Waals surface area contributed by atoms with Gasteiger partial charge in [-0.1, -0.05) is 44.2 Å². The summed E-state index contributed by atoms with van der Waals surface area (Å²) in [5.41, 5.74) is 0.925. The first-order valence-electron chi connectivity index (χ1n) is 5.62. The van der Waals surface area contributed by atoms with Crippen molar-refractivity contribution in [1.82, 2.24) is 0 Å². The molecule has 2 rings (SSSR count). The predicted octanol–water partition coefficient (Wildman–Crippen LogP) is 2.85. The number of rotatable bonds is 2. The van der Waals surface area contributed by atoms with Crippen LogP contribution in [0.5, 0.6) is 0 Å². The summed E-state index contributed by atoms with van der Waals surface area (Å²) in [7, 11) is -3.04. The Kier molecular flexibility index (Phi) is 3.64. The van der Waals surface area contributed by atoms with Crippen molar-refractivity contribution in [2.45, 2.75) is 13.8 Å². The molecule has 0 aliphatic carbocycles. The zero-order valence-electron chi connectivity index (χ0n) is 10.1. The summed E-state index contributed by atoms with van der Waals surface area (Å²) in [5.74, 6) is 1.54. The van der Waals surface area contributed by atoms with Crippen LogP contribution in [0.4, 0.5) is 0 Å². The van der Waals surface area contributed by atoms with E-state index in [1.165, 1.54) is 5.82 Å². The van der Waals surface area contributed by atoms with E-state index in [1.807, 2.05) is 44.2 Å². The van der Waals surface area contributed by atoms with Crippen molar-refractivity contribution in [2.24, 2.45) is 5.41 Å². The average molecular weight is 252 g/mol. The summed E-state index contributed by atoms with van der Waals surface area (Å²) in [5, 5.41) is 0. The van der Waals surface area contributed by atoms with E-state index in [0.29, 0.717) is 13.2 Å². The molecule has 3 nitrogen and oxygen atoms in total. The highest BCUT2D eigenvalue weighted by Crippen LogP contribution is 2.58. The molecule has 17 heavy (non-hydrogen) atoms. The van der Waals surface area contributed by atoms with Crippen molar-refractivity contribution in [2.75, 3.05) is 13.2 Å². The van der Waals surface area contributed by atoms with Gasteiger partial charge in [-0.2, -0.15) is 0 Å². The maximum atomic E-state index is 12.2. The van der Waals surface area contributed by atoms with Crippen molar-refractivity contribution >= 4 is 14.0 Å². The monoisotopic (exact) mass is 252 g/mol. The molecule has 1 saturated heterocycles. The summed E-state index contributed by atoms with van der Waals surface area (Å²) in [4.78, 5) is 12.2. The van der Waals surface area contributed by atoms with Crippen LogP contribution in [-0.4, -0.2) is 13.2 Å². The first-order chi connectivity index (χ1) is 7.99. The number of benzene rings is 1. The van der Waals surface area contributed by atoms with E-state index in [0.717, 1.165) is 5.56 Å². The molecule has 1 aromatic rings. The molecule has 4 heteroatoms. The molecule has 0 spiro atoms. The normalized spacial score (nSPS) is 22.8. The average Bonchev–Trinajstić information content (AvgIpc) is 2.33. The lowest BCUT2D eigenvalue weighted by atomic mass is 9.97. The summed E-state index contributed by atoms with van der Waals surface area (Å²) in [6, 6.07) is 9.69. The molecule has 1 aliphatic heterocycles. The van der Waals surface area contributed by atoms with Crippen molar-refractivity contribution in [3.63, 3.8) is 0 Å². The number of hydrogen-bond donors (Lipinski definition) is 0. The van der Waals surface area contributed by atoms with Crippen molar-refractivity contribution < 1.29 is 13.9 Å². The maximum Gasteiger partial charge on any atom is 0.263 e. The summed E-state index contributed by atoms with van der Waals surface area (Å²) in [6.07, 6.45) is 1.78. The second-order valence-corrected chi connectivity index (χ2v) is 6.87. The van der Waals surface area contributed by atoms with Gasteiger partial charge in [0.05, 0.1) is 0 Å². The fraction of sp³-hybridized carbons (Fsp3) is 0.385. The first-order valence-corrected chi connectivity index (χ1v) is 7.23. The third-order valence-corrected chi connectivity index (χ3v) is 4.01. The second-order valence-electron chi connectivity index (χ2n) is 4.98. The SMILES string of the molecule is CC1(C)CO[P+]([O-])(/C=C/c2ccccc2)OC1. The van der Waals surface area contributed by atoms with Gasteiger partial charge in [0.25, 0.3) is 7.94 Å². The van der Waals surface area contributed by atoms with Gasteiger partial charge in [-0.05, 0) is 11.6 Å². The summed E-state index contributed by atoms with van der Waals surface area (Å²) < 4.78 is 10.7. The molecule has 0 radical (unpaired) electrons. The van der Waals surface area contributed by atoms with Crippen LogP contribution in [0.25, 0.3) is 6.08 Å². The molecule has 1 aromatic carbocycles. The van der Waals surface area contributed by atoms with Gasteiger partial charge in [0.15, 0.2) is 0 Å². The van der Waals surface area contributed by atoms with Crippen LogP contribution >= 0.6 is 7.94 Å². The minimum Gasteiger partial charge on any atom is -0.628 e. The lowest BCUT2D eigenvalue weighted by molar-refractivity contribution is -0.228. The second kappa shape index (κ2) is 4.87. The standard InChI is InChI=1S/C13H17O3P/c1-13(2)10-15-17(14,16-11-13)9-8-12-6-4-3-5-7-12/h3-9H,10-11H2,1-2H3/b9-8+. The van der Waals surface area contributed by atoms with E-state index in [-0.39, 0.29) is 5.41 Å². The fourth-order valence-electron chi connectivity index (χ4n) is 1.44. The van der Waals surface area contributed by atoms with E-state index in [2.05, 4.69) is 0 Å². The van der Waals surface area contributed by atoms with Gasteiger partial charge in [-0.15, -0.1) is 0 Å². The lowest BCUT2D eigenvalue weighted by Crippen LogP contribution is -2.34. The van der Waals surface area contributed by atoms with Crippen molar-refractivity contribution in [1.29, 1.82) is 0 Å². The molecular weight excluding hydrogens is 235 g/mol. The smallest absolute Gasteiger partial charge is 0.263 e. The highest BCUT2D eigenvalue weighted by atomic mass is 31.2. The third-order valence-electron chi connectivity index (χ3n) is 2.52.